The lowest BCUT2D eigenvalue weighted by Crippen LogP contribution is -2.38. The molecule has 1 fully saturated rings. The Hall–Kier alpha value is -1.34. The monoisotopic (exact) mass is 326 g/mol. The Bertz CT molecular complexity index is 492. The van der Waals surface area contributed by atoms with E-state index in [9.17, 15) is 10.2 Å². The first-order valence-corrected chi connectivity index (χ1v) is 7.82. The first-order valence-electron chi connectivity index (χ1n) is 7.82. The maximum Gasteiger partial charge on any atom is 0.188 e. The number of benzene rings is 1. The summed E-state index contributed by atoms with van der Waals surface area (Å²) in [5.74, 6) is 1.45. The molecule has 1 aromatic carbocycles. The van der Waals surface area contributed by atoms with Crippen LogP contribution in [-0.2, 0) is 9.47 Å². The third kappa shape index (κ3) is 4.81. The summed E-state index contributed by atoms with van der Waals surface area (Å²) in [6.45, 7) is 0.0846. The molecule has 0 spiro atoms. The zero-order chi connectivity index (χ0) is 16.7. The fourth-order valence-electron chi connectivity index (χ4n) is 3.07. The minimum Gasteiger partial charge on any atom is -0.467 e. The Morgan fingerprint density at radius 1 is 1.17 bits per heavy atom. The lowest BCUT2D eigenvalue weighted by atomic mass is 9.75. The molecule has 0 heterocycles. The van der Waals surface area contributed by atoms with Gasteiger partial charge in [0.25, 0.3) is 0 Å². The van der Waals surface area contributed by atoms with E-state index in [4.69, 9.17) is 18.9 Å². The lowest BCUT2D eigenvalue weighted by molar-refractivity contribution is -0.0481. The van der Waals surface area contributed by atoms with Crippen LogP contribution in [0.3, 0.4) is 0 Å². The molecule has 0 radical (unpaired) electrons. The number of rotatable bonds is 8. The first-order chi connectivity index (χ1) is 11.1. The van der Waals surface area contributed by atoms with Crippen LogP contribution in [0.5, 0.6) is 11.5 Å². The Morgan fingerprint density at radius 2 is 1.91 bits per heavy atom. The molecule has 1 aliphatic rings. The summed E-state index contributed by atoms with van der Waals surface area (Å²) < 4.78 is 21.0. The molecule has 130 valence electrons. The first kappa shape index (κ1) is 18.0. The SMILES string of the molecule is COCOc1ccc(C2CCCC(O)(CO)C2)c(OCOC)c1. The summed E-state index contributed by atoms with van der Waals surface area (Å²) in [5.41, 5.74) is -0.00877. The van der Waals surface area contributed by atoms with Gasteiger partial charge in [0, 0.05) is 20.3 Å². The van der Waals surface area contributed by atoms with E-state index in [1.54, 1.807) is 20.3 Å². The second-order valence-corrected chi connectivity index (χ2v) is 5.98. The fraction of sp³-hybridized carbons (Fsp3) is 0.647. The van der Waals surface area contributed by atoms with Crippen molar-refractivity contribution in [2.24, 2.45) is 0 Å². The van der Waals surface area contributed by atoms with Crippen molar-refractivity contribution in [3.8, 4) is 11.5 Å². The molecular formula is C17H26O6. The Labute approximate surface area is 136 Å². The lowest BCUT2D eigenvalue weighted by Gasteiger charge is -2.36. The van der Waals surface area contributed by atoms with Gasteiger partial charge in [0.15, 0.2) is 13.6 Å². The molecule has 1 aliphatic carbocycles. The average Bonchev–Trinajstić information content (AvgIpc) is 2.58. The highest BCUT2D eigenvalue weighted by Gasteiger charge is 2.35. The van der Waals surface area contributed by atoms with Gasteiger partial charge >= 0.3 is 0 Å². The number of aliphatic hydroxyl groups excluding tert-OH is 1. The van der Waals surface area contributed by atoms with Crippen molar-refractivity contribution in [1.29, 1.82) is 0 Å². The van der Waals surface area contributed by atoms with Gasteiger partial charge in [-0.15, -0.1) is 0 Å². The minimum atomic E-state index is -1.01. The van der Waals surface area contributed by atoms with Gasteiger partial charge in [-0.1, -0.05) is 6.07 Å². The smallest absolute Gasteiger partial charge is 0.188 e. The molecule has 2 N–H and O–H groups in total. The van der Waals surface area contributed by atoms with E-state index in [1.807, 2.05) is 12.1 Å². The Kier molecular flexibility index (Phi) is 6.65. The van der Waals surface area contributed by atoms with Crippen LogP contribution in [0, 0.1) is 0 Å². The average molecular weight is 326 g/mol. The normalized spacial score (nSPS) is 24.4. The molecule has 6 heteroatoms. The van der Waals surface area contributed by atoms with Crippen molar-refractivity contribution < 1.29 is 29.2 Å². The van der Waals surface area contributed by atoms with E-state index in [-0.39, 0.29) is 26.1 Å². The second-order valence-electron chi connectivity index (χ2n) is 5.98. The molecule has 6 nitrogen and oxygen atoms in total. The van der Waals surface area contributed by atoms with Crippen LogP contribution < -0.4 is 9.47 Å². The van der Waals surface area contributed by atoms with Crippen molar-refractivity contribution in [2.75, 3.05) is 34.4 Å². The summed E-state index contributed by atoms with van der Waals surface area (Å²) in [6, 6.07) is 5.62. The predicted molar refractivity (Wildman–Crippen MR) is 84.7 cm³/mol. The van der Waals surface area contributed by atoms with Gasteiger partial charge in [-0.05, 0) is 43.2 Å². The topological polar surface area (TPSA) is 77.4 Å². The molecule has 0 saturated heterocycles. The number of methoxy groups -OCH3 is 2. The van der Waals surface area contributed by atoms with Crippen LogP contribution in [0.2, 0.25) is 0 Å². The van der Waals surface area contributed by atoms with Gasteiger partial charge in [0.05, 0.1) is 12.2 Å². The largest absolute Gasteiger partial charge is 0.467 e. The molecule has 23 heavy (non-hydrogen) atoms. The number of ether oxygens (including phenoxy) is 4. The molecule has 1 saturated carbocycles. The quantitative estimate of drug-likeness (QED) is 0.712. The van der Waals surface area contributed by atoms with Crippen LogP contribution in [0.15, 0.2) is 18.2 Å². The number of hydrogen-bond donors (Lipinski definition) is 2. The second kappa shape index (κ2) is 8.49. The maximum absolute atomic E-state index is 10.4. The summed E-state index contributed by atoms with van der Waals surface area (Å²) in [5, 5.41) is 19.8. The van der Waals surface area contributed by atoms with E-state index in [1.165, 1.54) is 0 Å². The van der Waals surface area contributed by atoms with Crippen molar-refractivity contribution in [2.45, 2.75) is 37.2 Å². The van der Waals surface area contributed by atoms with Crippen molar-refractivity contribution >= 4 is 0 Å². The zero-order valence-corrected chi connectivity index (χ0v) is 13.8. The summed E-state index contributed by atoms with van der Waals surface area (Å²) in [6.07, 6.45) is 2.96. The molecule has 2 rings (SSSR count). The van der Waals surface area contributed by atoms with Gasteiger partial charge in [0.2, 0.25) is 0 Å². The zero-order valence-electron chi connectivity index (χ0n) is 13.8. The summed E-state index contributed by atoms with van der Waals surface area (Å²) in [7, 11) is 3.13. The van der Waals surface area contributed by atoms with Gasteiger partial charge in [-0.2, -0.15) is 0 Å². The highest BCUT2D eigenvalue weighted by Crippen LogP contribution is 2.42. The number of aliphatic hydroxyl groups is 2. The van der Waals surface area contributed by atoms with E-state index in [0.717, 1.165) is 18.4 Å². The van der Waals surface area contributed by atoms with Crippen molar-refractivity contribution in [3.05, 3.63) is 23.8 Å². The third-order valence-electron chi connectivity index (χ3n) is 4.22. The van der Waals surface area contributed by atoms with Crippen LogP contribution in [0.1, 0.15) is 37.2 Å². The standard InChI is InChI=1S/C17H26O6/c1-20-11-22-14-5-6-15(16(8-14)23-12-21-2)13-4-3-7-17(19,9-13)10-18/h5-6,8,13,18-19H,3-4,7,9-12H2,1-2H3. The number of hydrogen-bond acceptors (Lipinski definition) is 6. The fourth-order valence-corrected chi connectivity index (χ4v) is 3.07. The molecule has 2 atom stereocenters. The Balaban J connectivity index is 2.21. The maximum atomic E-state index is 10.4. The van der Waals surface area contributed by atoms with Crippen molar-refractivity contribution in [1.82, 2.24) is 0 Å². The van der Waals surface area contributed by atoms with Gasteiger partial charge in [0.1, 0.15) is 11.5 Å². The van der Waals surface area contributed by atoms with E-state index < -0.39 is 5.60 Å². The van der Waals surface area contributed by atoms with Crippen LogP contribution in [0.4, 0.5) is 0 Å². The van der Waals surface area contributed by atoms with Gasteiger partial charge in [-0.25, -0.2) is 0 Å². The molecule has 0 aliphatic heterocycles. The molecule has 0 bridgehead atoms. The third-order valence-corrected chi connectivity index (χ3v) is 4.22. The van der Waals surface area contributed by atoms with Crippen LogP contribution >= 0.6 is 0 Å². The molecular weight excluding hydrogens is 300 g/mol. The predicted octanol–water partition coefficient (Wildman–Crippen LogP) is 2.03. The van der Waals surface area contributed by atoms with E-state index >= 15 is 0 Å². The van der Waals surface area contributed by atoms with Crippen LogP contribution in [-0.4, -0.2) is 50.2 Å². The Morgan fingerprint density at radius 3 is 2.61 bits per heavy atom. The molecule has 0 aromatic heterocycles. The minimum absolute atomic E-state index is 0.129. The van der Waals surface area contributed by atoms with Gasteiger partial charge in [-0.3, -0.25) is 0 Å². The van der Waals surface area contributed by atoms with Crippen LogP contribution in [0.25, 0.3) is 0 Å². The highest BCUT2D eigenvalue weighted by atomic mass is 16.7. The summed E-state index contributed by atoms with van der Waals surface area (Å²) in [4.78, 5) is 0. The van der Waals surface area contributed by atoms with E-state index in [0.29, 0.717) is 24.3 Å². The summed E-state index contributed by atoms with van der Waals surface area (Å²) >= 11 is 0. The highest BCUT2D eigenvalue weighted by molar-refractivity contribution is 5.43. The molecule has 1 aromatic rings. The van der Waals surface area contributed by atoms with Crippen molar-refractivity contribution in [3.63, 3.8) is 0 Å². The molecule has 0 amide bonds. The van der Waals surface area contributed by atoms with E-state index in [2.05, 4.69) is 0 Å². The van der Waals surface area contributed by atoms with Gasteiger partial charge < -0.3 is 29.2 Å². The molecule has 2 unspecified atom stereocenters.